The van der Waals surface area contributed by atoms with Crippen molar-refractivity contribution in [3.8, 4) is 11.3 Å². The third-order valence-electron chi connectivity index (χ3n) is 5.02. The highest BCUT2D eigenvalue weighted by molar-refractivity contribution is 5.96. The lowest BCUT2D eigenvalue weighted by Gasteiger charge is -2.29. The Morgan fingerprint density at radius 3 is 2.41 bits per heavy atom. The Morgan fingerprint density at radius 1 is 1.07 bits per heavy atom. The molecule has 1 aromatic heterocycles. The van der Waals surface area contributed by atoms with Crippen LogP contribution in [0.2, 0.25) is 0 Å². The number of hydrogen-bond donors (Lipinski definition) is 2. The minimum Gasteiger partial charge on any atom is -0.451 e. The zero-order valence-corrected chi connectivity index (χ0v) is 15.2. The molecule has 0 aliphatic heterocycles. The average Bonchev–Trinajstić information content (AvgIpc) is 3.22. The summed E-state index contributed by atoms with van der Waals surface area (Å²) in [6.45, 7) is 0. The van der Waals surface area contributed by atoms with Gasteiger partial charge in [-0.2, -0.15) is 0 Å². The van der Waals surface area contributed by atoms with E-state index >= 15 is 0 Å². The summed E-state index contributed by atoms with van der Waals surface area (Å²) < 4.78 is 5.65. The summed E-state index contributed by atoms with van der Waals surface area (Å²) in [6.07, 6.45) is 5.18. The van der Waals surface area contributed by atoms with E-state index in [1.807, 2.05) is 0 Å². The molecule has 1 saturated carbocycles. The number of nitroso groups, excluding NO2 is 1. The molecule has 1 atom stereocenters. The first-order valence-corrected chi connectivity index (χ1v) is 9.18. The van der Waals surface area contributed by atoms with Crippen LogP contribution in [0, 0.1) is 10.8 Å². The first-order chi connectivity index (χ1) is 13.1. The van der Waals surface area contributed by atoms with E-state index in [1.54, 1.807) is 43.4 Å². The molecule has 7 heteroatoms. The van der Waals surface area contributed by atoms with Crippen molar-refractivity contribution in [3.63, 3.8) is 0 Å². The summed E-state index contributed by atoms with van der Waals surface area (Å²) in [5, 5.41) is 8.34. The lowest BCUT2D eigenvalue weighted by Crippen LogP contribution is -2.50. The van der Waals surface area contributed by atoms with E-state index in [0.717, 1.165) is 31.2 Å². The monoisotopic (exact) mass is 369 g/mol. The van der Waals surface area contributed by atoms with Crippen LogP contribution in [-0.4, -0.2) is 24.9 Å². The van der Waals surface area contributed by atoms with Crippen molar-refractivity contribution in [3.05, 3.63) is 47.1 Å². The minimum absolute atomic E-state index is 0.139. The van der Waals surface area contributed by atoms with Gasteiger partial charge < -0.3 is 15.1 Å². The number of benzene rings is 1. The summed E-state index contributed by atoms with van der Waals surface area (Å²) in [4.78, 5) is 35.4. The highest BCUT2D eigenvalue weighted by atomic mass is 16.4. The van der Waals surface area contributed by atoms with Crippen LogP contribution in [0.1, 0.15) is 42.7 Å². The zero-order chi connectivity index (χ0) is 19.2. The van der Waals surface area contributed by atoms with E-state index in [1.165, 1.54) is 6.42 Å². The Balaban J connectivity index is 1.73. The van der Waals surface area contributed by atoms with Gasteiger partial charge in [0.15, 0.2) is 5.76 Å². The largest absolute Gasteiger partial charge is 0.451 e. The number of nitrogens with zero attached hydrogens (tertiary/aromatic N) is 1. The average molecular weight is 369 g/mol. The van der Waals surface area contributed by atoms with Crippen LogP contribution in [0.4, 0.5) is 5.69 Å². The second-order valence-electron chi connectivity index (χ2n) is 6.77. The predicted octanol–water partition coefficient (Wildman–Crippen LogP) is 3.77. The van der Waals surface area contributed by atoms with Crippen molar-refractivity contribution in [1.29, 1.82) is 0 Å². The molecule has 3 rings (SSSR count). The summed E-state index contributed by atoms with van der Waals surface area (Å²) in [6, 6.07) is 9.27. The molecule has 27 heavy (non-hydrogen) atoms. The molecule has 142 valence electrons. The van der Waals surface area contributed by atoms with Crippen molar-refractivity contribution >= 4 is 17.5 Å². The van der Waals surface area contributed by atoms with Crippen molar-refractivity contribution in [1.82, 2.24) is 10.6 Å². The molecular weight excluding hydrogens is 346 g/mol. The summed E-state index contributed by atoms with van der Waals surface area (Å²) in [7, 11) is 1.58. The Kier molecular flexibility index (Phi) is 6.01. The van der Waals surface area contributed by atoms with E-state index < -0.39 is 11.9 Å². The summed E-state index contributed by atoms with van der Waals surface area (Å²) in [5.74, 6) is 0.199. The van der Waals surface area contributed by atoms with Gasteiger partial charge in [0, 0.05) is 12.6 Å². The first kappa shape index (κ1) is 18.8. The number of carbonyl (C=O) groups excluding carboxylic acids is 2. The van der Waals surface area contributed by atoms with Crippen molar-refractivity contribution < 1.29 is 14.0 Å². The molecule has 2 aromatic rings. The van der Waals surface area contributed by atoms with Crippen molar-refractivity contribution in [2.45, 2.75) is 38.1 Å². The predicted molar refractivity (Wildman–Crippen MR) is 101 cm³/mol. The van der Waals surface area contributed by atoms with Gasteiger partial charge in [-0.05, 0) is 60.3 Å². The molecule has 0 unspecified atom stereocenters. The van der Waals surface area contributed by atoms with Crippen molar-refractivity contribution in [2.75, 3.05) is 7.05 Å². The van der Waals surface area contributed by atoms with Gasteiger partial charge in [-0.1, -0.05) is 19.3 Å². The topological polar surface area (TPSA) is 101 Å². The molecule has 7 nitrogen and oxygen atoms in total. The fourth-order valence-corrected chi connectivity index (χ4v) is 3.53. The van der Waals surface area contributed by atoms with Gasteiger partial charge in [-0.25, -0.2) is 0 Å². The number of amides is 2. The Labute approximate surface area is 157 Å². The number of hydrogen-bond acceptors (Lipinski definition) is 5. The fourth-order valence-electron chi connectivity index (χ4n) is 3.53. The maximum absolute atomic E-state index is 12.6. The normalized spacial score (nSPS) is 15.7. The van der Waals surface area contributed by atoms with Crippen LogP contribution in [0.3, 0.4) is 0 Å². The van der Waals surface area contributed by atoms with Gasteiger partial charge >= 0.3 is 0 Å². The Morgan fingerprint density at radius 2 is 1.78 bits per heavy atom. The maximum Gasteiger partial charge on any atom is 0.287 e. The molecule has 0 spiro atoms. The lowest BCUT2D eigenvalue weighted by molar-refractivity contribution is -0.124. The number of rotatable bonds is 6. The van der Waals surface area contributed by atoms with Gasteiger partial charge in [-0.3, -0.25) is 9.59 Å². The number of furan rings is 1. The van der Waals surface area contributed by atoms with Crippen LogP contribution < -0.4 is 10.6 Å². The third-order valence-corrected chi connectivity index (χ3v) is 5.02. The number of nitrogens with one attached hydrogen (secondary N) is 2. The highest BCUT2D eigenvalue weighted by Crippen LogP contribution is 2.28. The molecule has 0 bridgehead atoms. The highest BCUT2D eigenvalue weighted by Gasteiger charge is 2.31. The van der Waals surface area contributed by atoms with Crippen molar-refractivity contribution in [2.24, 2.45) is 11.1 Å². The van der Waals surface area contributed by atoms with Gasteiger partial charge in [0.25, 0.3) is 5.91 Å². The second-order valence-corrected chi connectivity index (χ2v) is 6.77. The van der Waals surface area contributed by atoms with Crippen LogP contribution in [-0.2, 0) is 4.79 Å². The van der Waals surface area contributed by atoms with Gasteiger partial charge in [0.1, 0.15) is 17.5 Å². The quantitative estimate of drug-likeness (QED) is 0.757. The standard InChI is InChI=1S/C20H23N3O4/c1-21-20(25)18(14-5-3-2-4-6-14)22-19(24)17-12-11-16(27-17)13-7-9-15(23-26)10-8-13/h7-12,14,18H,2-6H2,1H3,(H,21,25)(H,22,24)/t18-/m0/s1. The Bertz CT molecular complexity index is 807. The summed E-state index contributed by atoms with van der Waals surface area (Å²) in [5.41, 5.74) is 1.06. The van der Waals surface area contributed by atoms with Gasteiger partial charge in [0.2, 0.25) is 5.91 Å². The minimum atomic E-state index is -0.561. The molecule has 1 aliphatic rings. The van der Waals surface area contributed by atoms with E-state index in [4.69, 9.17) is 4.42 Å². The molecule has 0 saturated heterocycles. The molecular formula is C20H23N3O4. The number of carbonyl (C=O) groups is 2. The fraction of sp³-hybridized carbons (Fsp3) is 0.400. The summed E-state index contributed by atoms with van der Waals surface area (Å²) >= 11 is 0. The van der Waals surface area contributed by atoms with Crippen LogP contribution >= 0.6 is 0 Å². The lowest BCUT2D eigenvalue weighted by atomic mass is 9.83. The molecule has 1 aliphatic carbocycles. The third kappa shape index (κ3) is 4.42. The molecule has 2 amide bonds. The second kappa shape index (κ2) is 8.62. The smallest absolute Gasteiger partial charge is 0.287 e. The molecule has 0 radical (unpaired) electrons. The van der Waals surface area contributed by atoms with E-state index in [9.17, 15) is 14.5 Å². The van der Waals surface area contributed by atoms with Crippen LogP contribution in [0.5, 0.6) is 0 Å². The van der Waals surface area contributed by atoms with Gasteiger partial charge in [-0.15, -0.1) is 4.91 Å². The number of likely N-dealkylation sites (N-methyl/N-ethyl adjacent to an activating group) is 1. The van der Waals surface area contributed by atoms with E-state index in [2.05, 4.69) is 15.8 Å². The van der Waals surface area contributed by atoms with E-state index in [-0.39, 0.29) is 17.6 Å². The molecule has 2 N–H and O–H groups in total. The van der Waals surface area contributed by atoms with E-state index in [0.29, 0.717) is 11.4 Å². The van der Waals surface area contributed by atoms with Crippen LogP contribution in [0.15, 0.2) is 46.0 Å². The Hall–Kier alpha value is -2.96. The molecule has 1 heterocycles. The molecule has 1 fully saturated rings. The molecule has 1 aromatic carbocycles. The van der Waals surface area contributed by atoms with Gasteiger partial charge in [0.05, 0.1) is 0 Å². The van der Waals surface area contributed by atoms with Crippen LogP contribution in [0.25, 0.3) is 11.3 Å². The maximum atomic E-state index is 12.6. The zero-order valence-electron chi connectivity index (χ0n) is 15.2. The first-order valence-electron chi connectivity index (χ1n) is 9.18. The SMILES string of the molecule is CNC(=O)[C@@H](NC(=O)c1ccc(-c2ccc(N=O)cc2)o1)C1CCCCC1.